The van der Waals surface area contributed by atoms with Crippen molar-refractivity contribution in [1.82, 2.24) is 4.98 Å². The zero-order valence-corrected chi connectivity index (χ0v) is 11.3. The fourth-order valence-corrected chi connectivity index (χ4v) is 1.80. The van der Waals surface area contributed by atoms with Crippen molar-refractivity contribution in [3.05, 3.63) is 52.4 Å². The molecule has 1 heterocycles. The van der Waals surface area contributed by atoms with Crippen molar-refractivity contribution in [1.29, 1.82) is 5.26 Å². The Morgan fingerprint density at radius 2 is 2.14 bits per heavy atom. The van der Waals surface area contributed by atoms with Gasteiger partial charge >= 0.3 is 0 Å². The van der Waals surface area contributed by atoms with Gasteiger partial charge in [0.15, 0.2) is 0 Å². The zero-order valence-electron chi connectivity index (χ0n) is 10.5. The number of aromatic nitrogens is 1. The van der Waals surface area contributed by atoms with Gasteiger partial charge in [-0.05, 0) is 24.3 Å². The van der Waals surface area contributed by atoms with Crippen LogP contribution in [-0.4, -0.2) is 10.9 Å². The molecule has 0 saturated carbocycles. The molecule has 0 aliphatic carbocycles. The number of nitrogens with two attached hydrogens (primary N) is 1. The van der Waals surface area contributed by atoms with Gasteiger partial charge in [0.25, 0.3) is 5.91 Å². The molecule has 2 aromatic rings. The molecule has 21 heavy (non-hydrogen) atoms. The van der Waals surface area contributed by atoms with Gasteiger partial charge in [0.05, 0.1) is 10.7 Å². The Morgan fingerprint density at radius 1 is 1.38 bits per heavy atom. The second-order valence-corrected chi connectivity index (χ2v) is 4.31. The van der Waals surface area contributed by atoms with Crippen LogP contribution in [0.3, 0.4) is 0 Å². The van der Waals surface area contributed by atoms with Crippen LogP contribution >= 0.6 is 11.6 Å². The minimum absolute atomic E-state index is 0.0338. The molecule has 1 amide bonds. The summed E-state index contributed by atoms with van der Waals surface area (Å²) in [5.74, 6) is 4.04. The number of benzene rings is 1. The highest BCUT2D eigenvalue weighted by Gasteiger charge is 2.16. The number of hydrazine groups is 1. The van der Waals surface area contributed by atoms with E-state index >= 15 is 0 Å². The van der Waals surface area contributed by atoms with Gasteiger partial charge in [-0.3, -0.25) is 4.79 Å². The van der Waals surface area contributed by atoms with Crippen molar-refractivity contribution >= 4 is 29.0 Å². The Labute approximate surface area is 124 Å². The lowest BCUT2D eigenvalue weighted by Crippen LogP contribution is -2.17. The number of hydrogen-bond acceptors (Lipinski definition) is 5. The maximum absolute atomic E-state index is 13.5. The number of nitrogens with zero attached hydrogens (tertiary/aromatic N) is 2. The Bertz CT molecular complexity index is 744. The number of rotatable bonds is 3. The highest BCUT2D eigenvalue weighted by molar-refractivity contribution is 6.34. The first-order chi connectivity index (χ1) is 10.1. The largest absolute Gasteiger partial charge is 0.319 e. The number of amides is 1. The second-order valence-electron chi connectivity index (χ2n) is 3.90. The molecule has 0 aliphatic rings. The molecule has 0 bridgehead atoms. The Balaban J connectivity index is 2.35. The molecule has 0 saturated heterocycles. The van der Waals surface area contributed by atoms with E-state index in [1.165, 1.54) is 24.3 Å². The van der Waals surface area contributed by atoms with Crippen molar-refractivity contribution in [3.63, 3.8) is 0 Å². The van der Waals surface area contributed by atoms with Gasteiger partial charge in [-0.2, -0.15) is 5.26 Å². The summed E-state index contributed by atoms with van der Waals surface area (Å²) in [6, 6.07) is 8.51. The first-order valence-electron chi connectivity index (χ1n) is 5.70. The summed E-state index contributed by atoms with van der Waals surface area (Å²) in [4.78, 5) is 16.0. The monoisotopic (exact) mass is 305 g/mol. The molecule has 2 rings (SSSR count). The summed E-state index contributed by atoms with van der Waals surface area (Å²) in [5, 5.41) is 11.4. The highest BCUT2D eigenvalue weighted by Crippen LogP contribution is 2.21. The van der Waals surface area contributed by atoms with Crippen LogP contribution in [0.15, 0.2) is 30.3 Å². The fraction of sp³-hybridized carbons (Fsp3) is 0. The Hall–Kier alpha value is -2.69. The lowest BCUT2D eigenvalue weighted by atomic mass is 10.2. The van der Waals surface area contributed by atoms with E-state index in [4.69, 9.17) is 22.7 Å². The van der Waals surface area contributed by atoms with Crippen LogP contribution in [-0.2, 0) is 0 Å². The van der Waals surface area contributed by atoms with E-state index in [1.54, 1.807) is 6.07 Å². The standard InChI is InChI=1S/C13H9ClFN5O/c14-8-4-5-11(20-17)19-12(8)13(21)18-10-3-1-2-9(15)7(10)6-16/h1-5H,17H2,(H,18,21)(H,19,20). The minimum atomic E-state index is -0.730. The lowest BCUT2D eigenvalue weighted by Gasteiger charge is -2.09. The SMILES string of the molecule is N#Cc1c(F)cccc1NC(=O)c1nc(NN)ccc1Cl. The van der Waals surface area contributed by atoms with E-state index in [0.717, 1.165) is 6.07 Å². The van der Waals surface area contributed by atoms with Crippen LogP contribution in [0.25, 0.3) is 0 Å². The summed E-state index contributed by atoms with van der Waals surface area (Å²) in [6.07, 6.45) is 0. The fourth-order valence-electron chi connectivity index (χ4n) is 1.61. The zero-order chi connectivity index (χ0) is 15.4. The number of carbonyl (C=O) groups is 1. The number of pyridine rings is 1. The van der Waals surface area contributed by atoms with Gasteiger partial charge in [0.1, 0.15) is 29.0 Å². The first kappa shape index (κ1) is 14.7. The maximum atomic E-state index is 13.5. The molecule has 4 N–H and O–H groups in total. The van der Waals surface area contributed by atoms with Gasteiger partial charge < -0.3 is 10.7 Å². The summed E-state index contributed by atoms with van der Waals surface area (Å²) in [7, 11) is 0. The van der Waals surface area contributed by atoms with E-state index in [0.29, 0.717) is 0 Å². The molecular weight excluding hydrogens is 297 g/mol. The van der Waals surface area contributed by atoms with Crippen LogP contribution in [0.2, 0.25) is 5.02 Å². The molecule has 0 aliphatic heterocycles. The molecule has 1 aromatic carbocycles. The number of halogens is 2. The second kappa shape index (κ2) is 6.17. The first-order valence-corrected chi connectivity index (χ1v) is 6.07. The van der Waals surface area contributed by atoms with Crippen molar-refractivity contribution < 1.29 is 9.18 Å². The third kappa shape index (κ3) is 3.08. The Kier molecular flexibility index (Phi) is 4.33. The minimum Gasteiger partial charge on any atom is -0.319 e. The van der Waals surface area contributed by atoms with E-state index in [1.807, 2.05) is 0 Å². The molecule has 0 unspecified atom stereocenters. The molecule has 6 nitrogen and oxygen atoms in total. The number of carbonyl (C=O) groups excluding carboxylic acids is 1. The molecule has 0 fully saturated rings. The summed E-state index contributed by atoms with van der Waals surface area (Å²) < 4.78 is 13.5. The molecule has 0 radical (unpaired) electrons. The van der Waals surface area contributed by atoms with Gasteiger partial charge in [0, 0.05) is 0 Å². The van der Waals surface area contributed by atoms with E-state index < -0.39 is 11.7 Å². The number of nitrogens with one attached hydrogen (secondary N) is 2. The van der Waals surface area contributed by atoms with Crippen LogP contribution in [0.5, 0.6) is 0 Å². The predicted octanol–water partition coefficient (Wildman–Crippen LogP) is 2.28. The molecule has 8 heteroatoms. The number of nitriles is 1. The van der Waals surface area contributed by atoms with E-state index in [2.05, 4.69) is 15.7 Å². The third-order valence-electron chi connectivity index (χ3n) is 2.58. The lowest BCUT2D eigenvalue weighted by molar-refractivity contribution is 0.102. The molecular formula is C13H9ClFN5O. The topological polar surface area (TPSA) is 104 Å². The maximum Gasteiger partial charge on any atom is 0.275 e. The highest BCUT2D eigenvalue weighted by atomic mass is 35.5. The summed E-state index contributed by atoms with van der Waals surface area (Å²) in [6.45, 7) is 0. The van der Waals surface area contributed by atoms with Crippen LogP contribution in [0, 0.1) is 17.1 Å². The number of hydrogen-bond donors (Lipinski definition) is 3. The van der Waals surface area contributed by atoms with Crippen LogP contribution in [0.4, 0.5) is 15.9 Å². The normalized spacial score (nSPS) is 9.81. The van der Waals surface area contributed by atoms with Crippen molar-refractivity contribution in [2.75, 3.05) is 10.7 Å². The van der Waals surface area contributed by atoms with Crippen molar-refractivity contribution in [2.24, 2.45) is 5.84 Å². The average molecular weight is 306 g/mol. The number of anilines is 2. The van der Waals surface area contributed by atoms with Gasteiger partial charge in [-0.25, -0.2) is 15.2 Å². The molecule has 106 valence electrons. The molecule has 1 aromatic heterocycles. The smallest absolute Gasteiger partial charge is 0.275 e. The summed E-state index contributed by atoms with van der Waals surface area (Å²) in [5.41, 5.74) is 1.95. The van der Waals surface area contributed by atoms with Gasteiger partial charge in [-0.1, -0.05) is 17.7 Å². The Morgan fingerprint density at radius 3 is 2.81 bits per heavy atom. The van der Waals surface area contributed by atoms with Crippen LogP contribution < -0.4 is 16.6 Å². The van der Waals surface area contributed by atoms with Gasteiger partial charge in [-0.15, -0.1) is 0 Å². The summed E-state index contributed by atoms with van der Waals surface area (Å²) >= 11 is 5.89. The van der Waals surface area contributed by atoms with E-state index in [-0.39, 0.29) is 27.8 Å². The predicted molar refractivity (Wildman–Crippen MR) is 76.1 cm³/mol. The van der Waals surface area contributed by atoms with Gasteiger partial charge in [0.2, 0.25) is 0 Å². The average Bonchev–Trinajstić information content (AvgIpc) is 2.48. The van der Waals surface area contributed by atoms with Crippen LogP contribution in [0.1, 0.15) is 16.1 Å². The van der Waals surface area contributed by atoms with Crippen molar-refractivity contribution in [3.8, 4) is 6.07 Å². The van der Waals surface area contributed by atoms with E-state index in [9.17, 15) is 9.18 Å². The number of nitrogen functional groups attached to an aromatic ring is 1. The van der Waals surface area contributed by atoms with Crippen molar-refractivity contribution in [2.45, 2.75) is 0 Å². The molecule has 0 spiro atoms. The third-order valence-corrected chi connectivity index (χ3v) is 2.89. The molecule has 0 atom stereocenters. The quantitative estimate of drug-likeness (QED) is 0.596.